The number of urea groups is 1. The van der Waals surface area contributed by atoms with Crippen LogP contribution in [0, 0.1) is 0 Å². The van der Waals surface area contributed by atoms with Gasteiger partial charge in [0.1, 0.15) is 0 Å². The molecule has 1 unspecified atom stereocenters. The van der Waals surface area contributed by atoms with E-state index in [1.54, 1.807) is 0 Å². The normalized spacial score (nSPS) is 15.4. The van der Waals surface area contributed by atoms with Crippen LogP contribution in [0.5, 0.6) is 0 Å². The minimum Gasteiger partial charge on any atom is -0.391 e. The highest BCUT2D eigenvalue weighted by Gasteiger charge is 2.08. The largest absolute Gasteiger partial charge is 0.391 e. The van der Waals surface area contributed by atoms with Crippen LogP contribution in [0.4, 0.5) is 4.79 Å². The Kier molecular flexibility index (Phi) is 6.28. The number of carbonyl (C=O) groups excluding carboxylic acids is 1. The number of aliphatic hydroxyl groups is 1. The predicted molar refractivity (Wildman–Crippen MR) is 84.1 cm³/mol. The van der Waals surface area contributed by atoms with Crippen LogP contribution < -0.4 is 10.6 Å². The van der Waals surface area contributed by atoms with Gasteiger partial charge in [0.15, 0.2) is 0 Å². The van der Waals surface area contributed by atoms with Gasteiger partial charge < -0.3 is 15.7 Å². The third-order valence-corrected chi connectivity index (χ3v) is 3.68. The van der Waals surface area contributed by atoms with Gasteiger partial charge in [-0.05, 0) is 31.2 Å². The van der Waals surface area contributed by atoms with E-state index < -0.39 is 6.10 Å². The summed E-state index contributed by atoms with van der Waals surface area (Å²) in [5, 5.41) is 15.4. The highest BCUT2D eigenvalue weighted by Crippen LogP contribution is 2.19. The van der Waals surface area contributed by atoms with E-state index >= 15 is 0 Å². The Balaban J connectivity index is 1.57. The summed E-state index contributed by atoms with van der Waals surface area (Å²) in [7, 11) is 0. The Hall–Kier alpha value is -1.81. The summed E-state index contributed by atoms with van der Waals surface area (Å²) in [5.41, 5.74) is 2.51. The number of benzene rings is 1. The van der Waals surface area contributed by atoms with Gasteiger partial charge in [-0.3, -0.25) is 0 Å². The van der Waals surface area contributed by atoms with Crippen molar-refractivity contribution in [2.45, 2.75) is 38.2 Å². The van der Waals surface area contributed by atoms with Crippen molar-refractivity contribution >= 4 is 6.03 Å². The SMILES string of the molecule is O=C(NCCC1=CCCC1)NCC(O)Cc1ccccc1. The van der Waals surface area contributed by atoms with Gasteiger partial charge in [-0.25, -0.2) is 4.79 Å². The molecule has 0 heterocycles. The van der Waals surface area contributed by atoms with Crippen molar-refractivity contribution in [2.75, 3.05) is 13.1 Å². The Bertz CT molecular complexity index is 471. The van der Waals surface area contributed by atoms with Crippen LogP contribution in [0.15, 0.2) is 42.0 Å². The first-order valence-electron chi connectivity index (χ1n) is 7.65. The second-order valence-electron chi connectivity index (χ2n) is 5.48. The third kappa shape index (κ3) is 6.00. The molecule has 3 N–H and O–H groups in total. The van der Waals surface area contributed by atoms with E-state index in [1.807, 2.05) is 30.3 Å². The molecule has 4 heteroatoms. The van der Waals surface area contributed by atoms with E-state index in [2.05, 4.69) is 16.7 Å². The smallest absolute Gasteiger partial charge is 0.314 e. The van der Waals surface area contributed by atoms with Crippen molar-refractivity contribution in [3.63, 3.8) is 0 Å². The molecule has 0 aliphatic heterocycles. The van der Waals surface area contributed by atoms with Crippen molar-refractivity contribution in [2.24, 2.45) is 0 Å². The average Bonchev–Trinajstić information content (AvgIpc) is 2.99. The molecule has 1 aliphatic carbocycles. The lowest BCUT2D eigenvalue weighted by molar-refractivity contribution is 0.170. The minimum atomic E-state index is -0.560. The maximum Gasteiger partial charge on any atom is 0.314 e. The molecule has 1 aromatic carbocycles. The number of hydrogen-bond donors (Lipinski definition) is 3. The molecule has 2 amide bonds. The van der Waals surface area contributed by atoms with Crippen LogP contribution in [-0.2, 0) is 6.42 Å². The van der Waals surface area contributed by atoms with Crippen LogP contribution in [0.2, 0.25) is 0 Å². The molecule has 0 fully saturated rings. The summed E-state index contributed by atoms with van der Waals surface area (Å²) in [6.45, 7) is 0.926. The molecule has 0 saturated heterocycles. The van der Waals surface area contributed by atoms with Crippen molar-refractivity contribution in [3.05, 3.63) is 47.5 Å². The minimum absolute atomic E-state index is 0.208. The zero-order valence-corrected chi connectivity index (χ0v) is 12.3. The van der Waals surface area contributed by atoms with Gasteiger partial charge in [0.05, 0.1) is 6.10 Å². The Labute approximate surface area is 126 Å². The Morgan fingerprint density at radius 3 is 2.76 bits per heavy atom. The third-order valence-electron chi connectivity index (χ3n) is 3.68. The fraction of sp³-hybridized carbons (Fsp3) is 0.471. The molecule has 2 rings (SSSR count). The molecular weight excluding hydrogens is 264 g/mol. The van der Waals surface area contributed by atoms with Crippen molar-refractivity contribution in [3.8, 4) is 0 Å². The quantitative estimate of drug-likeness (QED) is 0.675. The van der Waals surface area contributed by atoms with Crippen molar-refractivity contribution < 1.29 is 9.90 Å². The maximum atomic E-state index is 11.6. The predicted octanol–water partition coefficient (Wildman–Crippen LogP) is 2.39. The van der Waals surface area contributed by atoms with E-state index in [4.69, 9.17) is 0 Å². The summed E-state index contributed by atoms with van der Waals surface area (Å²) in [6.07, 6.45) is 6.77. The van der Waals surface area contributed by atoms with Crippen molar-refractivity contribution in [1.29, 1.82) is 0 Å². The molecule has 114 valence electrons. The molecule has 0 bridgehead atoms. The first-order chi connectivity index (χ1) is 10.2. The van der Waals surface area contributed by atoms with Crippen LogP contribution in [0.25, 0.3) is 0 Å². The van der Waals surface area contributed by atoms with Crippen LogP contribution in [0.1, 0.15) is 31.2 Å². The topological polar surface area (TPSA) is 61.4 Å². The fourth-order valence-corrected chi connectivity index (χ4v) is 2.53. The first-order valence-corrected chi connectivity index (χ1v) is 7.65. The van der Waals surface area contributed by atoms with Gasteiger partial charge in [-0.2, -0.15) is 0 Å². The van der Waals surface area contributed by atoms with Crippen LogP contribution in [-0.4, -0.2) is 30.3 Å². The van der Waals surface area contributed by atoms with E-state index in [1.165, 1.54) is 24.8 Å². The standard InChI is InChI=1S/C17H24N2O2/c20-16(12-15-8-2-1-3-9-15)13-19-17(21)18-11-10-14-6-4-5-7-14/h1-3,6,8-9,16,20H,4-5,7,10-13H2,(H2,18,19,21). The lowest BCUT2D eigenvalue weighted by atomic mass is 10.1. The number of aliphatic hydroxyl groups excluding tert-OH is 1. The number of hydrogen-bond acceptors (Lipinski definition) is 2. The molecule has 4 nitrogen and oxygen atoms in total. The number of rotatable bonds is 7. The molecule has 0 radical (unpaired) electrons. The molecule has 0 spiro atoms. The van der Waals surface area contributed by atoms with Gasteiger partial charge in [0, 0.05) is 19.5 Å². The van der Waals surface area contributed by atoms with Gasteiger partial charge in [0.2, 0.25) is 0 Å². The van der Waals surface area contributed by atoms with E-state index in [9.17, 15) is 9.90 Å². The fourth-order valence-electron chi connectivity index (χ4n) is 2.53. The van der Waals surface area contributed by atoms with E-state index in [-0.39, 0.29) is 12.6 Å². The zero-order chi connectivity index (χ0) is 14.9. The summed E-state index contributed by atoms with van der Waals surface area (Å²) in [4.78, 5) is 11.6. The van der Waals surface area contributed by atoms with Gasteiger partial charge in [-0.1, -0.05) is 42.0 Å². The number of amides is 2. The molecule has 1 aliphatic rings. The molecule has 0 aromatic heterocycles. The molecule has 21 heavy (non-hydrogen) atoms. The average molecular weight is 288 g/mol. The summed E-state index contributed by atoms with van der Waals surface area (Å²) in [5.74, 6) is 0. The maximum absolute atomic E-state index is 11.6. The molecule has 1 aromatic rings. The highest BCUT2D eigenvalue weighted by atomic mass is 16.3. The Morgan fingerprint density at radius 1 is 1.24 bits per heavy atom. The molecule has 0 saturated carbocycles. The summed E-state index contributed by atoms with van der Waals surface area (Å²) >= 11 is 0. The lowest BCUT2D eigenvalue weighted by Crippen LogP contribution is -2.40. The highest BCUT2D eigenvalue weighted by molar-refractivity contribution is 5.73. The zero-order valence-electron chi connectivity index (χ0n) is 12.3. The van der Waals surface area contributed by atoms with Crippen molar-refractivity contribution in [1.82, 2.24) is 10.6 Å². The van der Waals surface area contributed by atoms with Gasteiger partial charge in [-0.15, -0.1) is 0 Å². The second-order valence-corrected chi connectivity index (χ2v) is 5.48. The lowest BCUT2D eigenvalue weighted by Gasteiger charge is -2.13. The van der Waals surface area contributed by atoms with Crippen LogP contribution in [0.3, 0.4) is 0 Å². The van der Waals surface area contributed by atoms with Gasteiger partial charge in [0.25, 0.3) is 0 Å². The van der Waals surface area contributed by atoms with Crippen LogP contribution >= 0.6 is 0 Å². The summed E-state index contributed by atoms with van der Waals surface area (Å²) < 4.78 is 0. The summed E-state index contributed by atoms with van der Waals surface area (Å²) in [6, 6.07) is 9.57. The monoisotopic (exact) mass is 288 g/mol. The van der Waals surface area contributed by atoms with Gasteiger partial charge >= 0.3 is 6.03 Å². The Morgan fingerprint density at radius 2 is 2.05 bits per heavy atom. The number of nitrogens with one attached hydrogen (secondary N) is 2. The molecule has 1 atom stereocenters. The first kappa shape index (κ1) is 15.6. The van der Waals surface area contributed by atoms with E-state index in [0.717, 1.165) is 12.0 Å². The number of carbonyl (C=O) groups is 1. The molecular formula is C17H24N2O2. The van der Waals surface area contributed by atoms with E-state index in [0.29, 0.717) is 13.0 Å². The second kappa shape index (κ2) is 8.47. The number of allylic oxidation sites excluding steroid dienone is 1.